The minimum atomic E-state index is -0.993. The normalized spacial score (nSPS) is 20.9. The van der Waals surface area contributed by atoms with E-state index in [0.29, 0.717) is 12.0 Å². The van der Waals surface area contributed by atoms with Gasteiger partial charge < -0.3 is 10.2 Å². The van der Waals surface area contributed by atoms with Crippen LogP contribution in [0.5, 0.6) is 0 Å². The van der Waals surface area contributed by atoms with Crippen LogP contribution in [0.4, 0.5) is 0 Å². The highest BCUT2D eigenvalue weighted by atomic mass is 16.4. The molecule has 0 saturated carbocycles. The third-order valence-corrected chi connectivity index (χ3v) is 3.01. The Morgan fingerprint density at radius 1 is 1.45 bits per heavy atom. The van der Waals surface area contributed by atoms with Crippen molar-refractivity contribution in [1.82, 2.24) is 0 Å². The number of carboxylic acids is 1. The van der Waals surface area contributed by atoms with Crippen molar-refractivity contribution in [3.63, 3.8) is 0 Å². The summed E-state index contributed by atoms with van der Waals surface area (Å²) in [5.41, 5.74) is 1.27. The molecule has 0 fully saturated rings. The lowest BCUT2D eigenvalue weighted by molar-refractivity contribution is -0.131. The molecule has 2 N–H and O–H groups in total. The van der Waals surface area contributed by atoms with Crippen LogP contribution < -0.4 is 0 Å². The summed E-state index contributed by atoms with van der Waals surface area (Å²) < 4.78 is 0. The molecule has 1 aliphatic rings. The van der Waals surface area contributed by atoms with E-state index in [1.54, 1.807) is 13.0 Å². The summed E-state index contributed by atoms with van der Waals surface area (Å²) in [6.07, 6.45) is 3.21. The second-order valence-electron chi connectivity index (χ2n) is 5.39. The summed E-state index contributed by atoms with van der Waals surface area (Å²) >= 11 is 0. The third kappa shape index (κ3) is 5.41. The zero-order valence-corrected chi connectivity index (χ0v) is 12.7. The second-order valence-corrected chi connectivity index (χ2v) is 5.39. The van der Waals surface area contributed by atoms with Crippen molar-refractivity contribution < 1.29 is 19.8 Å². The van der Waals surface area contributed by atoms with Crippen LogP contribution in [0, 0.1) is 23.2 Å². The van der Waals surface area contributed by atoms with Crippen LogP contribution in [0.1, 0.15) is 34.1 Å². The van der Waals surface area contributed by atoms with Gasteiger partial charge in [-0.2, -0.15) is 0 Å². The molecule has 1 unspecified atom stereocenters. The van der Waals surface area contributed by atoms with Crippen LogP contribution in [0.15, 0.2) is 23.3 Å². The molecule has 1 rings (SSSR count). The molecule has 4 nitrogen and oxygen atoms in total. The number of carbonyl (C=O) groups excluding carboxylic acids is 1. The number of carboxylic acid groups (broad SMARTS) is 1. The molecule has 110 valence electrons. The maximum atomic E-state index is 11.5. The lowest BCUT2D eigenvalue weighted by Crippen LogP contribution is -2.30. The van der Waals surface area contributed by atoms with Crippen molar-refractivity contribution in [2.45, 2.75) is 34.1 Å². The molecule has 1 aliphatic carbocycles. The summed E-state index contributed by atoms with van der Waals surface area (Å²) in [6, 6.07) is 0. The molecule has 1 atom stereocenters. The van der Waals surface area contributed by atoms with Gasteiger partial charge in [-0.3, -0.25) is 4.79 Å². The number of hydrogen-bond donors (Lipinski definition) is 2. The highest BCUT2D eigenvalue weighted by Gasteiger charge is 2.34. The summed E-state index contributed by atoms with van der Waals surface area (Å²) in [4.78, 5) is 22.0. The Kier molecular flexibility index (Phi) is 6.95. The number of hydrogen-bond acceptors (Lipinski definition) is 3. The Labute approximate surface area is 120 Å². The first-order chi connectivity index (χ1) is 9.22. The van der Waals surface area contributed by atoms with Gasteiger partial charge in [0, 0.05) is 31.1 Å². The Bertz CT molecular complexity index is 498. The molecule has 0 amide bonds. The lowest BCUT2D eigenvalue weighted by atomic mass is 9.68. The molecular weight excluding hydrogens is 256 g/mol. The van der Waals surface area contributed by atoms with Crippen LogP contribution in [0.3, 0.4) is 0 Å². The third-order valence-electron chi connectivity index (χ3n) is 3.01. The molecule has 0 aromatic carbocycles. The fourth-order valence-corrected chi connectivity index (χ4v) is 2.27. The first kappa shape index (κ1) is 18.1. The van der Waals surface area contributed by atoms with E-state index < -0.39 is 5.97 Å². The molecule has 0 aromatic heterocycles. The van der Waals surface area contributed by atoms with Gasteiger partial charge in [-0.25, -0.2) is 4.79 Å². The summed E-state index contributed by atoms with van der Waals surface area (Å²) in [5.74, 6) is 5.08. The predicted octanol–water partition coefficient (Wildman–Crippen LogP) is 2.19. The number of ketones is 1. The lowest BCUT2D eigenvalue weighted by Gasteiger charge is -2.34. The van der Waals surface area contributed by atoms with Crippen molar-refractivity contribution in [2.75, 3.05) is 7.11 Å². The second kappa shape index (κ2) is 7.66. The number of aliphatic hydroxyl groups excluding tert-OH is 1. The van der Waals surface area contributed by atoms with Crippen molar-refractivity contribution in [3.8, 4) is 11.8 Å². The van der Waals surface area contributed by atoms with Gasteiger partial charge in [-0.05, 0) is 25.3 Å². The van der Waals surface area contributed by atoms with Gasteiger partial charge >= 0.3 is 5.97 Å². The van der Waals surface area contributed by atoms with E-state index in [4.69, 9.17) is 10.2 Å². The average molecular weight is 278 g/mol. The number of rotatable bonds is 1. The molecule has 0 heterocycles. The quantitative estimate of drug-likeness (QED) is 0.569. The van der Waals surface area contributed by atoms with E-state index in [2.05, 4.69) is 11.8 Å². The zero-order chi connectivity index (χ0) is 15.9. The number of aliphatic carboxylic acids is 1. The Morgan fingerprint density at radius 2 is 2.00 bits per heavy atom. The zero-order valence-electron chi connectivity index (χ0n) is 12.7. The van der Waals surface area contributed by atoms with E-state index in [0.717, 1.165) is 18.8 Å². The molecule has 0 bridgehead atoms. The van der Waals surface area contributed by atoms with E-state index >= 15 is 0 Å². The van der Waals surface area contributed by atoms with Gasteiger partial charge in [-0.15, -0.1) is 0 Å². The van der Waals surface area contributed by atoms with Gasteiger partial charge in [-0.1, -0.05) is 31.3 Å². The van der Waals surface area contributed by atoms with Gasteiger partial charge in [0.05, 0.1) is 0 Å². The van der Waals surface area contributed by atoms with Gasteiger partial charge in [0.2, 0.25) is 0 Å². The first-order valence-electron chi connectivity index (χ1n) is 6.31. The van der Waals surface area contributed by atoms with E-state index in [-0.39, 0.29) is 17.1 Å². The van der Waals surface area contributed by atoms with E-state index in [9.17, 15) is 9.59 Å². The largest absolute Gasteiger partial charge is 0.478 e. The smallest absolute Gasteiger partial charge is 0.329 e. The summed E-state index contributed by atoms with van der Waals surface area (Å²) in [7, 11) is 1.00. The molecule has 0 saturated heterocycles. The van der Waals surface area contributed by atoms with Crippen molar-refractivity contribution >= 4 is 11.8 Å². The Balaban J connectivity index is 0.00000172. The van der Waals surface area contributed by atoms with Crippen molar-refractivity contribution in [2.24, 2.45) is 11.3 Å². The molecule has 0 spiro atoms. The molecule has 4 heteroatoms. The minimum Gasteiger partial charge on any atom is -0.478 e. The summed E-state index contributed by atoms with van der Waals surface area (Å²) in [6.45, 7) is 7.59. The number of aliphatic hydroxyl groups is 1. The highest BCUT2D eigenvalue weighted by molar-refractivity contribution is 5.92. The monoisotopic (exact) mass is 278 g/mol. The minimum absolute atomic E-state index is 0.00709. The van der Waals surface area contributed by atoms with Gasteiger partial charge in [0.25, 0.3) is 0 Å². The Morgan fingerprint density at radius 3 is 2.45 bits per heavy atom. The fraction of sp³-hybridized carbons (Fsp3) is 0.500. The van der Waals surface area contributed by atoms with Crippen LogP contribution >= 0.6 is 0 Å². The summed E-state index contributed by atoms with van der Waals surface area (Å²) in [5, 5.41) is 15.6. The SMILES string of the molecule is CC1=CC(=O)CC(C)(C)C1C#C/C(C)=C/C(=O)O.CO. The van der Waals surface area contributed by atoms with Crippen molar-refractivity contribution in [3.05, 3.63) is 23.3 Å². The van der Waals surface area contributed by atoms with Gasteiger partial charge in [0.15, 0.2) is 5.78 Å². The van der Waals surface area contributed by atoms with E-state index in [1.807, 2.05) is 20.8 Å². The molecule has 20 heavy (non-hydrogen) atoms. The van der Waals surface area contributed by atoms with Crippen LogP contribution in [0.2, 0.25) is 0 Å². The standard InChI is InChI=1S/C15H18O3.CH4O/c1-10(7-14(17)18)5-6-13-11(2)8-12(16)9-15(13,3)4;1-2/h7-8,13H,9H2,1-4H3,(H,17,18);2H,1H3/b10-7+;. The molecule has 0 aliphatic heterocycles. The maximum Gasteiger partial charge on any atom is 0.329 e. The van der Waals surface area contributed by atoms with Crippen LogP contribution in [0.25, 0.3) is 0 Å². The molecular formula is C16H22O4. The number of allylic oxidation sites excluding steroid dienone is 3. The molecule has 0 aromatic rings. The van der Waals surface area contributed by atoms with Gasteiger partial charge in [0.1, 0.15) is 0 Å². The predicted molar refractivity (Wildman–Crippen MR) is 78.0 cm³/mol. The van der Waals surface area contributed by atoms with Crippen LogP contribution in [-0.2, 0) is 9.59 Å². The highest BCUT2D eigenvalue weighted by Crippen LogP contribution is 2.39. The maximum absolute atomic E-state index is 11.5. The first-order valence-corrected chi connectivity index (χ1v) is 6.31. The van der Waals surface area contributed by atoms with Crippen molar-refractivity contribution in [1.29, 1.82) is 0 Å². The Hall–Kier alpha value is -1.86. The molecule has 0 radical (unpaired) electrons. The number of carbonyl (C=O) groups is 2. The van der Waals surface area contributed by atoms with E-state index in [1.165, 1.54) is 0 Å². The average Bonchev–Trinajstić information content (AvgIpc) is 2.27. The fourth-order valence-electron chi connectivity index (χ4n) is 2.27. The van der Waals surface area contributed by atoms with Crippen LogP contribution in [-0.4, -0.2) is 29.1 Å². The topological polar surface area (TPSA) is 74.6 Å².